The molecule has 0 saturated carbocycles. The van der Waals surface area contributed by atoms with Crippen molar-refractivity contribution in [1.82, 2.24) is 19.7 Å². The second-order valence-electron chi connectivity index (χ2n) is 5.87. The van der Waals surface area contributed by atoms with Gasteiger partial charge in [-0.2, -0.15) is 5.10 Å². The molecule has 0 aliphatic rings. The Morgan fingerprint density at radius 3 is 2.58 bits per heavy atom. The van der Waals surface area contributed by atoms with Crippen LogP contribution in [0.1, 0.15) is 0 Å². The van der Waals surface area contributed by atoms with Gasteiger partial charge in [-0.05, 0) is 41.5 Å². The Labute approximate surface area is 148 Å². The van der Waals surface area contributed by atoms with Crippen LogP contribution in [-0.2, 0) is 9.84 Å². The van der Waals surface area contributed by atoms with Crippen molar-refractivity contribution in [2.75, 3.05) is 6.26 Å². The van der Waals surface area contributed by atoms with Gasteiger partial charge >= 0.3 is 0 Å². The lowest BCUT2D eigenvalue weighted by molar-refractivity contribution is 0.602. The number of hydrogen-bond acceptors (Lipinski definition) is 5. The van der Waals surface area contributed by atoms with Crippen LogP contribution in [0.15, 0.2) is 70.6 Å². The fraction of sp³-hybridized carbons (Fsp3) is 0.0556. The van der Waals surface area contributed by atoms with E-state index >= 15 is 0 Å². The molecule has 26 heavy (non-hydrogen) atoms. The predicted molar refractivity (Wildman–Crippen MR) is 98.0 cm³/mol. The Hall–Kier alpha value is -3.26. The number of nitrogens with zero attached hydrogens (tertiary/aromatic N) is 3. The molecular formula is C18H14N4O3S. The summed E-state index contributed by atoms with van der Waals surface area (Å²) >= 11 is 0. The highest BCUT2D eigenvalue weighted by molar-refractivity contribution is 7.90. The van der Waals surface area contributed by atoms with Crippen LogP contribution in [0.5, 0.6) is 0 Å². The zero-order valence-electron chi connectivity index (χ0n) is 13.7. The minimum absolute atomic E-state index is 0.233. The Morgan fingerprint density at radius 1 is 1.04 bits per heavy atom. The molecule has 0 fully saturated rings. The SMILES string of the molecule is CS(=O)(=O)c1cccc(-c2ccc3nc(-n4cccn4)[nH]c(=O)c3c2)c1. The minimum Gasteiger partial charge on any atom is -0.290 e. The van der Waals surface area contributed by atoms with E-state index in [-0.39, 0.29) is 10.5 Å². The number of H-pyrrole nitrogens is 1. The molecule has 0 atom stereocenters. The topological polar surface area (TPSA) is 97.7 Å². The van der Waals surface area contributed by atoms with Crippen LogP contribution < -0.4 is 5.56 Å². The molecule has 0 aliphatic heterocycles. The largest absolute Gasteiger partial charge is 0.290 e. The number of rotatable bonds is 3. The maximum Gasteiger partial charge on any atom is 0.260 e. The van der Waals surface area contributed by atoms with E-state index in [2.05, 4.69) is 15.1 Å². The number of fused-ring (bicyclic) bond motifs is 1. The van der Waals surface area contributed by atoms with Crippen molar-refractivity contribution < 1.29 is 8.42 Å². The molecule has 130 valence electrons. The van der Waals surface area contributed by atoms with E-state index in [1.165, 1.54) is 4.68 Å². The van der Waals surface area contributed by atoms with Gasteiger partial charge < -0.3 is 0 Å². The highest BCUT2D eigenvalue weighted by Gasteiger charge is 2.11. The molecule has 2 aromatic heterocycles. The van der Waals surface area contributed by atoms with Gasteiger partial charge in [-0.3, -0.25) is 9.78 Å². The lowest BCUT2D eigenvalue weighted by Gasteiger charge is -2.07. The molecule has 0 aliphatic carbocycles. The van der Waals surface area contributed by atoms with Crippen molar-refractivity contribution in [2.45, 2.75) is 4.90 Å². The summed E-state index contributed by atoms with van der Waals surface area (Å²) in [6, 6.07) is 13.6. The first-order chi connectivity index (χ1) is 12.4. The number of aromatic nitrogens is 4. The molecule has 0 spiro atoms. The summed E-state index contributed by atoms with van der Waals surface area (Å²) in [5.41, 5.74) is 1.69. The van der Waals surface area contributed by atoms with Crippen molar-refractivity contribution in [1.29, 1.82) is 0 Å². The average Bonchev–Trinajstić information content (AvgIpc) is 3.15. The predicted octanol–water partition coefficient (Wildman–Crippen LogP) is 2.18. The average molecular weight is 366 g/mol. The number of benzene rings is 2. The summed E-state index contributed by atoms with van der Waals surface area (Å²) in [5.74, 6) is 0.333. The van der Waals surface area contributed by atoms with E-state index in [1.807, 2.05) is 6.07 Å². The molecule has 1 N–H and O–H groups in total. The fourth-order valence-corrected chi connectivity index (χ4v) is 3.38. The van der Waals surface area contributed by atoms with E-state index in [0.29, 0.717) is 22.4 Å². The van der Waals surface area contributed by atoms with Crippen molar-refractivity contribution in [2.24, 2.45) is 0 Å². The highest BCUT2D eigenvalue weighted by atomic mass is 32.2. The summed E-state index contributed by atoms with van der Waals surface area (Å²) in [6.07, 6.45) is 4.45. The third kappa shape index (κ3) is 2.91. The molecule has 0 amide bonds. The summed E-state index contributed by atoms with van der Waals surface area (Å²) < 4.78 is 25.0. The van der Waals surface area contributed by atoms with Gasteiger partial charge in [0.05, 0.1) is 15.8 Å². The van der Waals surface area contributed by atoms with Crippen molar-refractivity contribution >= 4 is 20.7 Å². The standard InChI is InChI=1S/C18H14N4O3S/c1-26(24,25)14-5-2-4-12(10-14)13-6-7-16-15(11-13)17(23)21-18(20-16)22-9-3-8-19-22/h2-11H,1H3,(H,20,21,23). The Bertz CT molecular complexity index is 1280. The maximum atomic E-state index is 12.5. The molecule has 7 nitrogen and oxygen atoms in total. The summed E-state index contributed by atoms with van der Waals surface area (Å²) in [7, 11) is -3.30. The van der Waals surface area contributed by atoms with Crippen LogP contribution in [0, 0.1) is 0 Å². The van der Waals surface area contributed by atoms with Crippen molar-refractivity contribution in [3.8, 4) is 17.1 Å². The molecule has 4 rings (SSSR count). The zero-order valence-corrected chi connectivity index (χ0v) is 14.6. The minimum atomic E-state index is -3.30. The molecular weight excluding hydrogens is 352 g/mol. The molecule has 2 aromatic carbocycles. The zero-order chi connectivity index (χ0) is 18.3. The van der Waals surface area contributed by atoms with Crippen LogP contribution in [0.4, 0.5) is 0 Å². The van der Waals surface area contributed by atoms with Gasteiger partial charge in [-0.1, -0.05) is 18.2 Å². The number of aromatic amines is 1. The van der Waals surface area contributed by atoms with E-state index in [0.717, 1.165) is 11.8 Å². The first-order valence-corrected chi connectivity index (χ1v) is 9.65. The third-order valence-corrected chi connectivity index (χ3v) is 5.12. The van der Waals surface area contributed by atoms with Gasteiger partial charge in [0, 0.05) is 18.6 Å². The summed E-state index contributed by atoms with van der Waals surface area (Å²) in [6.45, 7) is 0. The second kappa shape index (κ2) is 5.92. The third-order valence-electron chi connectivity index (χ3n) is 4.01. The van der Waals surface area contributed by atoms with Gasteiger partial charge in [0.25, 0.3) is 5.56 Å². The first-order valence-electron chi connectivity index (χ1n) is 7.76. The van der Waals surface area contributed by atoms with Gasteiger partial charge in [-0.15, -0.1) is 0 Å². The molecule has 8 heteroatoms. The highest BCUT2D eigenvalue weighted by Crippen LogP contribution is 2.24. The van der Waals surface area contributed by atoms with Crippen LogP contribution in [0.3, 0.4) is 0 Å². The van der Waals surface area contributed by atoms with Gasteiger partial charge in [0.2, 0.25) is 5.95 Å². The number of hydrogen-bond donors (Lipinski definition) is 1. The first kappa shape index (κ1) is 16.2. The maximum absolute atomic E-state index is 12.5. The van der Waals surface area contributed by atoms with E-state index in [9.17, 15) is 13.2 Å². The number of nitrogens with one attached hydrogen (secondary N) is 1. The number of sulfone groups is 1. The van der Waals surface area contributed by atoms with Gasteiger partial charge in [-0.25, -0.2) is 18.1 Å². The molecule has 0 saturated heterocycles. The van der Waals surface area contributed by atoms with Crippen LogP contribution >= 0.6 is 0 Å². The second-order valence-corrected chi connectivity index (χ2v) is 7.89. The normalized spacial score (nSPS) is 11.7. The van der Waals surface area contributed by atoms with E-state index in [1.54, 1.807) is 54.9 Å². The summed E-state index contributed by atoms with van der Waals surface area (Å²) in [5, 5.41) is 4.48. The molecule has 0 radical (unpaired) electrons. The molecule has 0 unspecified atom stereocenters. The molecule has 2 heterocycles. The Morgan fingerprint density at radius 2 is 1.85 bits per heavy atom. The molecule has 0 bridgehead atoms. The van der Waals surface area contributed by atoms with Crippen molar-refractivity contribution in [3.63, 3.8) is 0 Å². The van der Waals surface area contributed by atoms with Crippen LogP contribution in [0.2, 0.25) is 0 Å². The van der Waals surface area contributed by atoms with Gasteiger partial charge in [0.1, 0.15) is 0 Å². The van der Waals surface area contributed by atoms with Gasteiger partial charge in [0.15, 0.2) is 9.84 Å². The van der Waals surface area contributed by atoms with Crippen LogP contribution in [-0.4, -0.2) is 34.4 Å². The van der Waals surface area contributed by atoms with E-state index < -0.39 is 9.84 Å². The fourth-order valence-electron chi connectivity index (χ4n) is 2.71. The Balaban J connectivity index is 1.86. The molecule has 4 aromatic rings. The lowest BCUT2D eigenvalue weighted by Crippen LogP contribution is -2.13. The monoisotopic (exact) mass is 366 g/mol. The lowest BCUT2D eigenvalue weighted by atomic mass is 10.0. The van der Waals surface area contributed by atoms with Crippen LogP contribution in [0.25, 0.3) is 28.0 Å². The quantitative estimate of drug-likeness (QED) is 0.599. The summed E-state index contributed by atoms with van der Waals surface area (Å²) in [4.78, 5) is 19.8. The van der Waals surface area contributed by atoms with E-state index in [4.69, 9.17) is 0 Å². The Kier molecular flexibility index (Phi) is 3.69. The smallest absolute Gasteiger partial charge is 0.260 e. The van der Waals surface area contributed by atoms with Crippen molar-refractivity contribution in [3.05, 3.63) is 71.3 Å².